The summed E-state index contributed by atoms with van der Waals surface area (Å²) < 4.78 is 5.57. The van der Waals surface area contributed by atoms with Crippen LogP contribution in [0.25, 0.3) is 0 Å². The van der Waals surface area contributed by atoms with Crippen molar-refractivity contribution in [3.8, 4) is 5.75 Å². The fraction of sp³-hybridized carbons (Fsp3) is 0.625. The molecule has 0 fully saturated rings. The number of hydrogen-bond acceptors (Lipinski definition) is 4. The first kappa shape index (κ1) is 18.6. The molecule has 124 valence electrons. The van der Waals surface area contributed by atoms with E-state index in [-0.39, 0.29) is 28.0 Å². The van der Waals surface area contributed by atoms with E-state index >= 15 is 0 Å². The van der Waals surface area contributed by atoms with Crippen molar-refractivity contribution in [2.45, 2.75) is 59.6 Å². The molecule has 1 aromatic rings. The minimum absolute atomic E-state index is 0.0578. The highest BCUT2D eigenvalue weighted by molar-refractivity contribution is 6.30. The van der Waals surface area contributed by atoms with Crippen LogP contribution >= 0.6 is 11.6 Å². The van der Waals surface area contributed by atoms with E-state index < -0.39 is 6.09 Å². The summed E-state index contributed by atoms with van der Waals surface area (Å²) in [6.07, 6.45) is 1.20. The summed E-state index contributed by atoms with van der Waals surface area (Å²) in [5, 5.41) is 12.5. The minimum Gasteiger partial charge on any atom is -0.505 e. The first-order chi connectivity index (χ1) is 9.88. The van der Waals surface area contributed by atoms with E-state index in [1.165, 1.54) is 0 Å². The number of carbonyl (C=O) groups excluding carboxylic acids is 1. The van der Waals surface area contributed by atoms with Gasteiger partial charge in [-0.15, -0.1) is 0 Å². The van der Waals surface area contributed by atoms with Gasteiger partial charge in [-0.25, -0.2) is 9.78 Å². The number of nitrogens with zero attached hydrogens (tertiary/aromatic N) is 1. The van der Waals surface area contributed by atoms with E-state index in [2.05, 4.69) is 10.3 Å². The molecule has 1 atom stereocenters. The molecule has 0 spiro atoms. The van der Waals surface area contributed by atoms with E-state index in [0.717, 1.165) is 5.56 Å². The van der Waals surface area contributed by atoms with Gasteiger partial charge in [0.15, 0.2) is 10.9 Å². The molecule has 1 rings (SSSR count). The van der Waals surface area contributed by atoms with Crippen LogP contribution in [0, 0.1) is 5.41 Å². The third-order valence-corrected chi connectivity index (χ3v) is 3.28. The van der Waals surface area contributed by atoms with Gasteiger partial charge in [-0.3, -0.25) is 0 Å². The number of ether oxygens (including phenoxy) is 1. The van der Waals surface area contributed by atoms with Crippen LogP contribution in [0.4, 0.5) is 4.79 Å². The van der Waals surface area contributed by atoms with Crippen molar-refractivity contribution in [2.24, 2.45) is 5.41 Å². The summed E-state index contributed by atoms with van der Waals surface area (Å²) in [5.74, 6) is -0.0778. The lowest BCUT2D eigenvalue weighted by molar-refractivity contribution is 0.0283. The van der Waals surface area contributed by atoms with E-state index in [1.807, 2.05) is 41.5 Å². The van der Waals surface area contributed by atoms with E-state index in [0.29, 0.717) is 6.42 Å². The Balaban J connectivity index is 2.86. The summed E-state index contributed by atoms with van der Waals surface area (Å²) in [6.45, 7) is 11.6. The van der Waals surface area contributed by atoms with Gasteiger partial charge in [0.05, 0.1) is 0 Å². The van der Waals surface area contributed by atoms with Crippen LogP contribution in [-0.4, -0.2) is 27.8 Å². The maximum absolute atomic E-state index is 12.0. The molecule has 0 aromatic carbocycles. The highest BCUT2D eigenvalue weighted by Crippen LogP contribution is 2.28. The molecule has 0 bridgehead atoms. The maximum Gasteiger partial charge on any atom is 0.407 e. The lowest BCUT2D eigenvalue weighted by Gasteiger charge is -2.32. The number of alkyl carbamates (subject to hydrolysis) is 1. The van der Waals surface area contributed by atoms with Crippen molar-refractivity contribution in [3.05, 3.63) is 23.0 Å². The first-order valence-corrected chi connectivity index (χ1v) is 7.58. The second-order valence-corrected chi connectivity index (χ2v) is 7.85. The van der Waals surface area contributed by atoms with E-state index in [9.17, 15) is 9.90 Å². The van der Waals surface area contributed by atoms with Crippen molar-refractivity contribution < 1.29 is 14.6 Å². The molecule has 0 aliphatic carbocycles. The molecular formula is C16H25ClN2O3. The molecule has 0 aliphatic rings. The highest BCUT2D eigenvalue weighted by atomic mass is 35.5. The number of nitrogens with one attached hydrogen (secondary N) is 1. The van der Waals surface area contributed by atoms with Gasteiger partial charge in [-0.05, 0) is 37.8 Å². The van der Waals surface area contributed by atoms with Gasteiger partial charge in [-0.1, -0.05) is 32.4 Å². The van der Waals surface area contributed by atoms with Gasteiger partial charge < -0.3 is 15.2 Å². The monoisotopic (exact) mass is 328 g/mol. The molecule has 0 unspecified atom stereocenters. The second kappa shape index (κ2) is 6.73. The van der Waals surface area contributed by atoms with Gasteiger partial charge >= 0.3 is 6.09 Å². The Kier molecular flexibility index (Phi) is 5.68. The van der Waals surface area contributed by atoms with Crippen LogP contribution < -0.4 is 5.32 Å². The summed E-state index contributed by atoms with van der Waals surface area (Å²) in [4.78, 5) is 15.9. The Hall–Kier alpha value is -1.49. The topological polar surface area (TPSA) is 71.5 Å². The lowest BCUT2D eigenvalue weighted by atomic mass is 9.85. The zero-order valence-corrected chi connectivity index (χ0v) is 14.8. The third-order valence-electron chi connectivity index (χ3n) is 2.99. The number of carbonyl (C=O) groups is 1. The van der Waals surface area contributed by atoms with Crippen molar-refractivity contribution >= 4 is 17.7 Å². The molecule has 1 heterocycles. The van der Waals surface area contributed by atoms with Crippen LogP contribution in [-0.2, 0) is 11.2 Å². The number of aromatic hydroxyl groups is 1. The normalized spacial score (nSPS) is 13.6. The van der Waals surface area contributed by atoms with E-state index in [4.69, 9.17) is 16.3 Å². The Morgan fingerprint density at radius 3 is 2.41 bits per heavy atom. The highest BCUT2D eigenvalue weighted by Gasteiger charge is 2.30. The second-order valence-electron chi connectivity index (χ2n) is 7.49. The molecule has 5 nitrogen and oxygen atoms in total. The molecule has 0 saturated carbocycles. The Bertz CT molecular complexity index is 533. The largest absolute Gasteiger partial charge is 0.505 e. The van der Waals surface area contributed by atoms with Crippen LogP contribution in [0.5, 0.6) is 5.75 Å². The lowest BCUT2D eigenvalue weighted by Crippen LogP contribution is -2.44. The van der Waals surface area contributed by atoms with Crippen LogP contribution in [0.15, 0.2) is 12.3 Å². The van der Waals surface area contributed by atoms with Gasteiger partial charge in [0.1, 0.15) is 6.10 Å². The number of halogens is 1. The predicted octanol–water partition coefficient (Wildman–Crippen LogP) is 3.92. The van der Waals surface area contributed by atoms with Crippen molar-refractivity contribution in [1.29, 1.82) is 0 Å². The standard InChI is InChI=1S/C16H25ClN2O3/c1-15(2,3)12(22-14(21)19-16(4,5)6)8-10-7-11(20)13(17)18-9-10/h7,9,12,20H,8H2,1-6H3,(H,19,21)/t12-/m0/s1. The number of hydrogen-bond donors (Lipinski definition) is 2. The molecule has 22 heavy (non-hydrogen) atoms. The Morgan fingerprint density at radius 1 is 1.36 bits per heavy atom. The number of pyridine rings is 1. The molecule has 1 amide bonds. The molecular weight excluding hydrogens is 304 g/mol. The zero-order valence-electron chi connectivity index (χ0n) is 14.0. The van der Waals surface area contributed by atoms with Crippen molar-refractivity contribution in [2.75, 3.05) is 0 Å². The SMILES string of the molecule is CC(C)(C)NC(=O)O[C@@H](Cc1cnc(Cl)c(O)c1)C(C)(C)C. The van der Waals surface area contributed by atoms with Crippen molar-refractivity contribution in [3.63, 3.8) is 0 Å². The quantitative estimate of drug-likeness (QED) is 0.825. The molecule has 2 N–H and O–H groups in total. The molecule has 0 aliphatic heterocycles. The fourth-order valence-electron chi connectivity index (χ4n) is 1.79. The first-order valence-electron chi connectivity index (χ1n) is 7.20. The summed E-state index contributed by atoms with van der Waals surface area (Å²) >= 11 is 5.71. The Morgan fingerprint density at radius 2 is 1.95 bits per heavy atom. The van der Waals surface area contributed by atoms with Crippen LogP contribution in [0.2, 0.25) is 5.15 Å². The van der Waals surface area contributed by atoms with Gasteiger partial charge in [0.25, 0.3) is 0 Å². The van der Waals surface area contributed by atoms with Gasteiger partial charge in [-0.2, -0.15) is 0 Å². The maximum atomic E-state index is 12.0. The van der Waals surface area contributed by atoms with Gasteiger partial charge in [0, 0.05) is 18.2 Å². The van der Waals surface area contributed by atoms with Gasteiger partial charge in [0.2, 0.25) is 0 Å². The molecule has 0 radical (unpaired) electrons. The van der Waals surface area contributed by atoms with Crippen LogP contribution in [0.1, 0.15) is 47.1 Å². The smallest absolute Gasteiger partial charge is 0.407 e. The number of rotatable bonds is 3. The summed E-state index contributed by atoms with van der Waals surface area (Å²) in [6, 6.07) is 1.54. The fourth-order valence-corrected chi connectivity index (χ4v) is 1.90. The summed E-state index contributed by atoms with van der Waals surface area (Å²) in [5.41, 5.74) is 0.134. The average Bonchev–Trinajstić information content (AvgIpc) is 2.29. The Labute approximate surface area is 137 Å². The third kappa shape index (κ3) is 6.10. The predicted molar refractivity (Wildman–Crippen MR) is 87.2 cm³/mol. The number of aromatic nitrogens is 1. The van der Waals surface area contributed by atoms with Crippen LogP contribution in [0.3, 0.4) is 0 Å². The molecule has 0 saturated heterocycles. The molecule has 1 aromatic heterocycles. The average molecular weight is 329 g/mol. The van der Waals surface area contributed by atoms with E-state index in [1.54, 1.807) is 12.3 Å². The van der Waals surface area contributed by atoms with Crippen molar-refractivity contribution in [1.82, 2.24) is 10.3 Å². The number of amides is 1. The molecule has 6 heteroatoms. The minimum atomic E-state index is -0.460. The summed E-state index contributed by atoms with van der Waals surface area (Å²) in [7, 11) is 0. The zero-order chi connectivity index (χ0) is 17.1.